The molecule has 1 unspecified atom stereocenters. The van der Waals surface area contributed by atoms with E-state index >= 15 is 0 Å². The van der Waals surface area contributed by atoms with Gasteiger partial charge in [-0.05, 0) is 64.3 Å². The van der Waals surface area contributed by atoms with Gasteiger partial charge in [0.05, 0.1) is 19.2 Å². The highest BCUT2D eigenvalue weighted by molar-refractivity contribution is 5.82. The van der Waals surface area contributed by atoms with Crippen LogP contribution in [0.3, 0.4) is 0 Å². The van der Waals surface area contributed by atoms with Crippen LogP contribution in [0, 0.1) is 0 Å². The molecule has 0 saturated heterocycles. The first-order valence-corrected chi connectivity index (χ1v) is 8.80. The van der Waals surface area contributed by atoms with Crippen LogP contribution in [0.5, 0.6) is 11.5 Å². The number of aliphatic carboxylic acids is 1. The van der Waals surface area contributed by atoms with Crippen molar-refractivity contribution in [3.05, 3.63) is 23.3 Å². The van der Waals surface area contributed by atoms with Crippen molar-refractivity contribution in [3.63, 3.8) is 0 Å². The van der Waals surface area contributed by atoms with E-state index in [4.69, 9.17) is 14.2 Å². The summed E-state index contributed by atoms with van der Waals surface area (Å²) in [5.41, 5.74) is 0.545. The van der Waals surface area contributed by atoms with Gasteiger partial charge in [0.2, 0.25) is 0 Å². The fraction of sp³-hybridized carbons (Fsp3) is 0.579. The Morgan fingerprint density at radius 3 is 2.23 bits per heavy atom. The molecule has 144 valence electrons. The van der Waals surface area contributed by atoms with Gasteiger partial charge in [-0.2, -0.15) is 0 Å². The fourth-order valence-corrected chi connectivity index (χ4v) is 2.93. The summed E-state index contributed by atoms with van der Waals surface area (Å²) in [6, 6.07) is 2.18. The molecule has 7 heteroatoms. The van der Waals surface area contributed by atoms with Crippen molar-refractivity contribution in [3.8, 4) is 11.5 Å². The van der Waals surface area contributed by atoms with Gasteiger partial charge in [-0.15, -0.1) is 0 Å². The van der Waals surface area contributed by atoms with Crippen LogP contribution in [0.15, 0.2) is 12.1 Å². The number of rotatable bonds is 5. The van der Waals surface area contributed by atoms with Crippen LogP contribution in [-0.4, -0.2) is 42.3 Å². The number of benzene rings is 1. The Morgan fingerprint density at radius 2 is 1.73 bits per heavy atom. The third-order valence-electron chi connectivity index (χ3n) is 3.88. The Labute approximate surface area is 153 Å². The van der Waals surface area contributed by atoms with Crippen LogP contribution in [0.1, 0.15) is 51.8 Å². The minimum Gasteiger partial charge on any atom is -0.548 e. The van der Waals surface area contributed by atoms with Crippen LogP contribution < -0.4 is 14.6 Å². The molecule has 1 heterocycles. The van der Waals surface area contributed by atoms with Crippen LogP contribution in [-0.2, 0) is 16.0 Å². The number of nitrogens with zero attached hydrogens (tertiary/aromatic N) is 1. The Morgan fingerprint density at radius 1 is 1.15 bits per heavy atom. The van der Waals surface area contributed by atoms with Crippen molar-refractivity contribution in [2.45, 2.75) is 52.7 Å². The predicted molar refractivity (Wildman–Crippen MR) is 93.2 cm³/mol. The maximum atomic E-state index is 12.5. The lowest BCUT2D eigenvalue weighted by Gasteiger charge is -2.38. The summed E-state index contributed by atoms with van der Waals surface area (Å²) in [5.74, 6) is -0.343. The molecule has 1 aliphatic rings. The molecule has 0 aliphatic carbocycles. The SMILES string of the molecule is CCOc1cc2c(cc1OCC)C(C(=O)[O-])N(C(=O)OC(C)(C)C)CC2. The highest BCUT2D eigenvalue weighted by Gasteiger charge is 2.35. The topological polar surface area (TPSA) is 88.1 Å². The molecule has 0 fully saturated rings. The van der Waals surface area contributed by atoms with Gasteiger partial charge in [-0.3, -0.25) is 4.90 Å². The third-order valence-corrected chi connectivity index (χ3v) is 3.88. The van der Waals surface area contributed by atoms with Crippen LogP contribution in [0.4, 0.5) is 4.79 Å². The maximum absolute atomic E-state index is 12.5. The van der Waals surface area contributed by atoms with Crippen molar-refractivity contribution in [2.75, 3.05) is 19.8 Å². The lowest BCUT2D eigenvalue weighted by Crippen LogP contribution is -2.49. The molecule has 0 aromatic heterocycles. The van der Waals surface area contributed by atoms with E-state index in [1.54, 1.807) is 32.9 Å². The summed E-state index contributed by atoms with van der Waals surface area (Å²) in [5, 5.41) is 11.8. The number of fused-ring (bicyclic) bond motifs is 1. The number of ether oxygens (including phenoxy) is 3. The van der Waals surface area contributed by atoms with E-state index in [-0.39, 0.29) is 6.54 Å². The molecule has 0 bridgehead atoms. The summed E-state index contributed by atoms with van der Waals surface area (Å²) < 4.78 is 16.5. The van der Waals surface area contributed by atoms with E-state index in [0.29, 0.717) is 36.7 Å². The summed E-state index contributed by atoms with van der Waals surface area (Å²) in [4.78, 5) is 25.5. The van der Waals surface area contributed by atoms with Gasteiger partial charge < -0.3 is 24.1 Å². The molecular formula is C19H26NO6-. The van der Waals surface area contributed by atoms with Crippen molar-refractivity contribution >= 4 is 12.1 Å². The lowest BCUT2D eigenvalue weighted by atomic mass is 9.92. The van der Waals surface area contributed by atoms with Crippen molar-refractivity contribution in [1.82, 2.24) is 4.90 Å². The number of hydrogen-bond donors (Lipinski definition) is 0. The second kappa shape index (κ2) is 7.85. The highest BCUT2D eigenvalue weighted by Crippen LogP contribution is 2.38. The molecule has 1 aromatic carbocycles. The molecule has 1 atom stereocenters. The normalized spacial score (nSPS) is 16.7. The molecule has 1 aromatic rings. The van der Waals surface area contributed by atoms with E-state index in [1.807, 2.05) is 13.8 Å². The first kappa shape index (κ1) is 19.9. The molecule has 1 amide bonds. The zero-order valence-corrected chi connectivity index (χ0v) is 16.0. The van der Waals surface area contributed by atoms with E-state index < -0.39 is 23.7 Å². The van der Waals surface area contributed by atoms with E-state index in [9.17, 15) is 14.7 Å². The van der Waals surface area contributed by atoms with Gasteiger partial charge in [-0.1, -0.05) is 0 Å². The number of amides is 1. The molecule has 26 heavy (non-hydrogen) atoms. The smallest absolute Gasteiger partial charge is 0.411 e. The second-order valence-corrected chi connectivity index (χ2v) is 7.01. The Kier molecular flexibility index (Phi) is 6.00. The first-order chi connectivity index (χ1) is 12.2. The number of carbonyl (C=O) groups is 2. The van der Waals surface area contributed by atoms with Gasteiger partial charge in [0, 0.05) is 6.54 Å². The van der Waals surface area contributed by atoms with Gasteiger partial charge in [0.25, 0.3) is 0 Å². The van der Waals surface area contributed by atoms with Crippen LogP contribution in [0.2, 0.25) is 0 Å². The highest BCUT2D eigenvalue weighted by atomic mass is 16.6. The standard InChI is InChI=1S/C19H27NO6/c1-6-24-14-10-12-8-9-20(18(23)26-19(3,4)5)16(17(21)22)13(12)11-15(14)25-7-2/h10-11,16H,6-9H2,1-5H3,(H,21,22)/p-1. The van der Waals surface area contributed by atoms with Crippen LogP contribution in [0.25, 0.3) is 0 Å². The zero-order chi connectivity index (χ0) is 19.5. The number of carbonyl (C=O) groups excluding carboxylic acids is 2. The van der Waals surface area contributed by atoms with E-state index in [2.05, 4.69) is 0 Å². The average molecular weight is 364 g/mol. The predicted octanol–water partition coefficient (Wildman–Crippen LogP) is 2.07. The summed E-state index contributed by atoms with van der Waals surface area (Å²) in [6.07, 6.45) is -0.186. The summed E-state index contributed by atoms with van der Waals surface area (Å²) >= 11 is 0. The lowest BCUT2D eigenvalue weighted by molar-refractivity contribution is -0.312. The van der Waals surface area contributed by atoms with E-state index in [1.165, 1.54) is 4.90 Å². The number of carboxylic acids is 1. The van der Waals surface area contributed by atoms with Crippen molar-refractivity contribution in [2.24, 2.45) is 0 Å². The largest absolute Gasteiger partial charge is 0.548 e. The molecule has 0 saturated carbocycles. The molecule has 2 rings (SSSR count). The van der Waals surface area contributed by atoms with Gasteiger partial charge in [0.1, 0.15) is 11.6 Å². The van der Waals surface area contributed by atoms with Crippen LogP contribution >= 0.6 is 0 Å². The molecule has 0 spiro atoms. The van der Waals surface area contributed by atoms with E-state index in [0.717, 1.165) is 5.56 Å². The quantitative estimate of drug-likeness (QED) is 0.795. The first-order valence-electron chi connectivity index (χ1n) is 8.80. The summed E-state index contributed by atoms with van der Waals surface area (Å²) in [7, 11) is 0. The third kappa shape index (κ3) is 4.39. The molecule has 0 radical (unpaired) electrons. The Bertz CT molecular complexity index is 679. The Balaban J connectivity index is 2.45. The van der Waals surface area contributed by atoms with Crippen molar-refractivity contribution in [1.29, 1.82) is 0 Å². The molecule has 1 aliphatic heterocycles. The minimum atomic E-state index is -1.36. The molecule has 7 nitrogen and oxygen atoms in total. The monoisotopic (exact) mass is 364 g/mol. The second-order valence-electron chi connectivity index (χ2n) is 7.01. The van der Waals surface area contributed by atoms with Crippen molar-refractivity contribution < 1.29 is 28.9 Å². The van der Waals surface area contributed by atoms with Gasteiger partial charge in [0.15, 0.2) is 11.5 Å². The minimum absolute atomic E-state index is 0.222. The Hall–Kier alpha value is -2.44. The zero-order valence-electron chi connectivity index (χ0n) is 16.0. The molecular weight excluding hydrogens is 338 g/mol. The van der Waals surface area contributed by atoms with Gasteiger partial charge in [-0.25, -0.2) is 4.79 Å². The summed E-state index contributed by atoms with van der Waals surface area (Å²) in [6.45, 7) is 9.99. The van der Waals surface area contributed by atoms with Gasteiger partial charge >= 0.3 is 6.09 Å². The fourth-order valence-electron chi connectivity index (χ4n) is 2.93. The number of carboxylic acid groups (broad SMARTS) is 1. The number of hydrogen-bond acceptors (Lipinski definition) is 6. The maximum Gasteiger partial charge on any atom is 0.411 e. The molecule has 0 N–H and O–H groups in total. The average Bonchev–Trinajstić information content (AvgIpc) is 2.53.